The highest BCUT2D eigenvalue weighted by molar-refractivity contribution is 7.99. The third-order valence-corrected chi connectivity index (χ3v) is 6.63. The number of amides is 1. The number of benzene rings is 3. The lowest BCUT2D eigenvalue weighted by Gasteiger charge is -2.06. The molecule has 5 rings (SSSR count). The Morgan fingerprint density at radius 2 is 1.36 bits per heavy atom. The van der Waals surface area contributed by atoms with E-state index >= 15 is 0 Å². The lowest BCUT2D eigenvalue weighted by atomic mass is 10.1. The van der Waals surface area contributed by atoms with Gasteiger partial charge in [-0.15, -0.1) is 0 Å². The molecule has 0 radical (unpaired) electrons. The molecule has 0 aliphatic rings. The van der Waals surface area contributed by atoms with Crippen LogP contribution in [0.3, 0.4) is 0 Å². The highest BCUT2D eigenvalue weighted by atomic mass is 32.2. The number of aryl methyl sites for hydroxylation is 2. The number of nitrogens with zero attached hydrogens (tertiary/aromatic N) is 2. The molecule has 39 heavy (non-hydrogen) atoms. The molecular formula is C29H24N4O5S. The molecular weight excluding hydrogens is 516 g/mol. The summed E-state index contributed by atoms with van der Waals surface area (Å²) in [6.07, 6.45) is 0. The molecule has 0 aliphatic heterocycles. The first-order chi connectivity index (χ1) is 18.9. The third kappa shape index (κ3) is 5.86. The van der Waals surface area contributed by atoms with Crippen LogP contribution in [-0.2, 0) is 4.74 Å². The van der Waals surface area contributed by atoms with Crippen LogP contribution in [0.4, 0.5) is 5.88 Å². The standard InChI is InChI=1S/C29H24N4O5S/c1-17-9-13-20(14-10-17)25-31-23(28(35)36-3)27(37-25)33-32-24(34)22-29(39-21-15-11-18(2)12-16-21)38-26(30-22)19-7-5-4-6-8-19/h4-16,33H,1-3H3,(H,32,34). The molecule has 0 bridgehead atoms. The molecule has 1 amide bonds. The van der Waals surface area contributed by atoms with Crippen molar-refractivity contribution >= 4 is 29.5 Å². The molecule has 0 aliphatic carbocycles. The Morgan fingerprint density at radius 3 is 2.03 bits per heavy atom. The first kappa shape index (κ1) is 25.8. The predicted octanol–water partition coefficient (Wildman–Crippen LogP) is 6.31. The van der Waals surface area contributed by atoms with Gasteiger partial charge in [-0.1, -0.05) is 53.6 Å². The first-order valence-electron chi connectivity index (χ1n) is 11.9. The Labute approximate surface area is 228 Å². The van der Waals surface area contributed by atoms with Gasteiger partial charge in [0.05, 0.1) is 7.11 Å². The fourth-order valence-corrected chi connectivity index (χ4v) is 4.41. The topological polar surface area (TPSA) is 119 Å². The number of esters is 1. The van der Waals surface area contributed by atoms with Gasteiger partial charge in [0.15, 0.2) is 10.8 Å². The van der Waals surface area contributed by atoms with E-state index in [1.54, 1.807) is 0 Å². The third-order valence-electron chi connectivity index (χ3n) is 5.66. The Balaban J connectivity index is 1.42. The average Bonchev–Trinajstić information content (AvgIpc) is 3.58. The fraction of sp³-hybridized carbons (Fsp3) is 0.103. The maximum absolute atomic E-state index is 13.3. The zero-order valence-electron chi connectivity index (χ0n) is 21.3. The Morgan fingerprint density at radius 1 is 0.769 bits per heavy atom. The van der Waals surface area contributed by atoms with Crippen molar-refractivity contribution in [2.75, 3.05) is 12.5 Å². The second kappa shape index (κ2) is 11.3. The molecule has 5 aromatic rings. The number of methoxy groups -OCH3 is 1. The zero-order valence-corrected chi connectivity index (χ0v) is 22.2. The number of hydrogen-bond donors (Lipinski definition) is 2. The van der Waals surface area contributed by atoms with Gasteiger partial charge in [0.2, 0.25) is 23.4 Å². The molecule has 0 atom stereocenters. The Kier molecular flexibility index (Phi) is 7.46. The van der Waals surface area contributed by atoms with Crippen molar-refractivity contribution in [2.45, 2.75) is 23.8 Å². The van der Waals surface area contributed by atoms with E-state index in [2.05, 4.69) is 20.8 Å². The average molecular weight is 541 g/mol. The summed E-state index contributed by atoms with van der Waals surface area (Å²) in [6.45, 7) is 3.96. The highest BCUT2D eigenvalue weighted by Gasteiger charge is 2.25. The maximum atomic E-state index is 13.3. The summed E-state index contributed by atoms with van der Waals surface area (Å²) in [7, 11) is 1.24. The number of nitrogens with one attached hydrogen (secondary N) is 2. The van der Waals surface area contributed by atoms with Crippen molar-refractivity contribution in [3.05, 3.63) is 101 Å². The van der Waals surface area contributed by atoms with Crippen molar-refractivity contribution < 1.29 is 23.2 Å². The smallest absolute Gasteiger partial charge is 0.362 e. The minimum atomic E-state index is -0.725. The van der Waals surface area contributed by atoms with Crippen LogP contribution in [0.15, 0.2) is 97.7 Å². The molecule has 0 fully saturated rings. The van der Waals surface area contributed by atoms with E-state index < -0.39 is 11.9 Å². The number of hydrogen-bond acceptors (Lipinski definition) is 9. The normalized spacial score (nSPS) is 10.7. The highest BCUT2D eigenvalue weighted by Crippen LogP contribution is 2.34. The van der Waals surface area contributed by atoms with E-state index in [1.165, 1.54) is 18.9 Å². The van der Waals surface area contributed by atoms with Gasteiger partial charge >= 0.3 is 5.97 Å². The van der Waals surface area contributed by atoms with E-state index in [1.807, 2.05) is 92.7 Å². The van der Waals surface area contributed by atoms with Crippen LogP contribution in [0.25, 0.3) is 22.9 Å². The largest absolute Gasteiger partial charge is 0.464 e. The van der Waals surface area contributed by atoms with Crippen LogP contribution >= 0.6 is 11.8 Å². The van der Waals surface area contributed by atoms with E-state index in [0.717, 1.165) is 21.6 Å². The molecule has 2 heterocycles. The summed E-state index contributed by atoms with van der Waals surface area (Å²) in [5.74, 6) is -0.912. The lowest BCUT2D eigenvalue weighted by molar-refractivity contribution is 0.0594. The fourth-order valence-electron chi connectivity index (χ4n) is 3.57. The van der Waals surface area contributed by atoms with Gasteiger partial charge in [0.1, 0.15) is 0 Å². The van der Waals surface area contributed by atoms with Crippen LogP contribution in [0, 0.1) is 13.8 Å². The molecule has 0 saturated heterocycles. The predicted molar refractivity (Wildman–Crippen MR) is 146 cm³/mol. The quantitative estimate of drug-likeness (QED) is 0.172. The van der Waals surface area contributed by atoms with Gasteiger partial charge in [0, 0.05) is 16.0 Å². The summed E-state index contributed by atoms with van der Waals surface area (Å²) < 4.78 is 16.6. The summed E-state index contributed by atoms with van der Waals surface area (Å²) in [6, 6.07) is 24.5. The van der Waals surface area contributed by atoms with Crippen LogP contribution in [0.5, 0.6) is 0 Å². The molecule has 10 heteroatoms. The SMILES string of the molecule is COC(=O)c1nc(-c2ccc(C)cc2)oc1NNC(=O)c1nc(-c2ccccc2)oc1Sc1ccc(C)cc1. The van der Waals surface area contributed by atoms with Crippen LogP contribution in [0.2, 0.25) is 0 Å². The molecule has 0 unspecified atom stereocenters. The number of rotatable bonds is 8. The summed E-state index contributed by atoms with van der Waals surface area (Å²) >= 11 is 1.27. The van der Waals surface area contributed by atoms with Crippen LogP contribution in [-0.4, -0.2) is 29.0 Å². The van der Waals surface area contributed by atoms with Gasteiger partial charge in [0.25, 0.3) is 5.91 Å². The van der Waals surface area contributed by atoms with Crippen LogP contribution in [0.1, 0.15) is 32.1 Å². The van der Waals surface area contributed by atoms with E-state index in [0.29, 0.717) is 16.5 Å². The molecule has 0 saturated carbocycles. The number of aromatic nitrogens is 2. The summed E-state index contributed by atoms with van der Waals surface area (Å²) in [4.78, 5) is 35.3. The number of hydrazine groups is 1. The minimum absolute atomic E-state index is 0.0600. The molecule has 2 N–H and O–H groups in total. The van der Waals surface area contributed by atoms with Gasteiger partial charge in [-0.05, 0) is 62.0 Å². The molecule has 0 spiro atoms. The van der Waals surface area contributed by atoms with Crippen molar-refractivity contribution in [3.8, 4) is 22.9 Å². The second-order valence-corrected chi connectivity index (χ2v) is 9.62. The molecule has 196 valence electrons. The van der Waals surface area contributed by atoms with Crippen LogP contribution < -0.4 is 10.9 Å². The molecule has 9 nitrogen and oxygen atoms in total. The number of oxazole rings is 2. The van der Waals surface area contributed by atoms with Gasteiger partial charge in [-0.3, -0.25) is 15.6 Å². The minimum Gasteiger partial charge on any atom is -0.464 e. The monoisotopic (exact) mass is 540 g/mol. The first-order valence-corrected chi connectivity index (χ1v) is 12.8. The maximum Gasteiger partial charge on any atom is 0.362 e. The lowest BCUT2D eigenvalue weighted by Crippen LogP contribution is -2.30. The number of anilines is 1. The van der Waals surface area contributed by atoms with Crippen molar-refractivity contribution in [2.24, 2.45) is 0 Å². The van der Waals surface area contributed by atoms with Crippen molar-refractivity contribution in [1.29, 1.82) is 0 Å². The van der Waals surface area contributed by atoms with Crippen molar-refractivity contribution in [1.82, 2.24) is 15.4 Å². The summed E-state index contributed by atoms with van der Waals surface area (Å²) in [5.41, 5.74) is 8.70. The Hall–Kier alpha value is -4.83. The van der Waals surface area contributed by atoms with Gasteiger partial charge in [-0.25, -0.2) is 9.78 Å². The van der Waals surface area contributed by atoms with E-state index in [4.69, 9.17) is 13.6 Å². The Bertz CT molecular complexity index is 1610. The zero-order chi connectivity index (χ0) is 27.4. The number of carbonyl (C=O) groups excluding carboxylic acids is 2. The second-order valence-electron chi connectivity index (χ2n) is 8.57. The van der Waals surface area contributed by atoms with Gasteiger partial charge < -0.3 is 13.6 Å². The van der Waals surface area contributed by atoms with Crippen molar-refractivity contribution in [3.63, 3.8) is 0 Å². The summed E-state index contributed by atoms with van der Waals surface area (Å²) in [5, 5.41) is 0.308. The number of ether oxygens (including phenoxy) is 1. The number of carbonyl (C=O) groups is 2. The molecule has 2 aromatic heterocycles. The van der Waals surface area contributed by atoms with E-state index in [9.17, 15) is 9.59 Å². The van der Waals surface area contributed by atoms with E-state index in [-0.39, 0.29) is 23.2 Å². The molecule has 3 aromatic carbocycles. The van der Waals surface area contributed by atoms with Gasteiger partial charge in [-0.2, -0.15) is 4.98 Å².